The van der Waals surface area contributed by atoms with Gasteiger partial charge < -0.3 is 5.73 Å². The first-order valence-electron chi connectivity index (χ1n) is 3.19. The molecule has 2 N–H and O–H groups in total. The zero-order valence-corrected chi connectivity index (χ0v) is 7.85. The van der Waals surface area contributed by atoms with E-state index in [4.69, 9.17) is 5.73 Å². The first-order valence-corrected chi connectivity index (χ1v) is 4.32. The van der Waals surface area contributed by atoms with Gasteiger partial charge in [0, 0.05) is 17.1 Å². The van der Waals surface area contributed by atoms with Crippen LogP contribution in [0, 0.1) is 0 Å². The molecule has 3 nitrogen and oxygen atoms in total. The van der Waals surface area contributed by atoms with Crippen LogP contribution in [0.25, 0.3) is 0 Å². The van der Waals surface area contributed by atoms with Gasteiger partial charge in [-0.25, -0.2) is 9.97 Å². The van der Waals surface area contributed by atoms with Gasteiger partial charge in [-0.05, 0) is 0 Å². The van der Waals surface area contributed by atoms with Gasteiger partial charge in [-0.3, -0.25) is 0 Å². The van der Waals surface area contributed by atoms with Crippen LogP contribution in [0.3, 0.4) is 0 Å². The van der Waals surface area contributed by atoms with Crippen molar-refractivity contribution in [1.82, 2.24) is 9.97 Å². The lowest BCUT2D eigenvalue weighted by Gasteiger charge is -2.06. The molecule has 1 rings (SSSR count). The third-order valence-corrected chi connectivity index (χ3v) is 1.90. The fourth-order valence-electron chi connectivity index (χ4n) is 0.659. The second-order valence-corrected chi connectivity index (χ2v) is 2.80. The van der Waals surface area contributed by atoms with Crippen molar-refractivity contribution in [2.75, 3.05) is 5.73 Å². The third kappa shape index (κ3) is 2.30. The number of aromatic nitrogens is 2. The van der Waals surface area contributed by atoms with Crippen LogP contribution in [-0.4, -0.2) is 9.97 Å². The molecule has 1 heterocycles. The van der Waals surface area contributed by atoms with Crippen LogP contribution in [0.4, 0.5) is 19.0 Å². The van der Waals surface area contributed by atoms with Gasteiger partial charge in [0.2, 0.25) is 5.82 Å². The van der Waals surface area contributed by atoms with E-state index in [1.54, 1.807) is 0 Å². The molecule has 0 aliphatic rings. The normalized spacial score (nSPS) is 11.7. The van der Waals surface area contributed by atoms with E-state index in [0.29, 0.717) is 10.9 Å². The summed E-state index contributed by atoms with van der Waals surface area (Å²) in [7, 11) is 0. The summed E-state index contributed by atoms with van der Waals surface area (Å²) in [6, 6.07) is 0. The van der Waals surface area contributed by atoms with Crippen molar-refractivity contribution >= 4 is 21.7 Å². The molecule has 7 heteroatoms. The highest BCUT2D eigenvalue weighted by atomic mass is 79.9. The molecule has 0 radical (unpaired) electrons. The summed E-state index contributed by atoms with van der Waals surface area (Å²) in [5.74, 6) is -1.37. The first kappa shape index (κ1) is 10.2. The molecular weight excluding hydrogens is 251 g/mol. The summed E-state index contributed by atoms with van der Waals surface area (Å²) in [6.45, 7) is 0. The van der Waals surface area contributed by atoms with Crippen molar-refractivity contribution in [1.29, 1.82) is 0 Å². The smallest absolute Gasteiger partial charge is 0.383 e. The number of rotatable bonds is 1. The molecule has 0 aromatic carbocycles. The fraction of sp³-hybridized carbons (Fsp3) is 0.333. The molecule has 1 aromatic heterocycles. The number of hydrogen-bond acceptors (Lipinski definition) is 3. The maximum Gasteiger partial charge on any atom is 0.451 e. The van der Waals surface area contributed by atoms with Crippen molar-refractivity contribution in [2.24, 2.45) is 0 Å². The van der Waals surface area contributed by atoms with Gasteiger partial charge in [0.05, 0.1) is 0 Å². The largest absolute Gasteiger partial charge is 0.451 e. The van der Waals surface area contributed by atoms with E-state index < -0.39 is 12.0 Å². The Hall–Kier alpha value is -0.850. The molecule has 72 valence electrons. The first-order chi connectivity index (χ1) is 5.95. The Kier molecular flexibility index (Phi) is 2.74. The SMILES string of the molecule is Nc1nc(C(F)(F)F)ncc1CBr. The Morgan fingerprint density at radius 2 is 2.08 bits per heavy atom. The minimum absolute atomic E-state index is 0.154. The number of hydrogen-bond donors (Lipinski definition) is 1. The molecular formula is C6H5BrF3N3. The Balaban J connectivity index is 3.10. The molecule has 0 aliphatic carbocycles. The zero-order chi connectivity index (χ0) is 10.1. The number of nitrogens with zero attached hydrogens (tertiary/aromatic N) is 2. The molecule has 0 saturated heterocycles. The predicted molar refractivity (Wildman–Crippen MR) is 44.1 cm³/mol. The molecule has 0 spiro atoms. The van der Waals surface area contributed by atoms with Crippen molar-refractivity contribution in [3.63, 3.8) is 0 Å². The monoisotopic (exact) mass is 255 g/mol. The summed E-state index contributed by atoms with van der Waals surface area (Å²) in [5.41, 5.74) is 5.69. The minimum Gasteiger partial charge on any atom is -0.383 e. The number of nitrogens with two attached hydrogens (primary N) is 1. The second kappa shape index (κ2) is 3.49. The standard InChI is InChI=1S/C6H5BrF3N3/c7-1-3-2-12-5(6(8,9)10)13-4(3)11/h2H,1H2,(H2,11,12,13). The van der Waals surface area contributed by atoms with Gasteiger partial charge in [0.1, 0.15) is 5.82 Å². The van der Waals surface area contributed by atoms with Crippen molar-refractivity contribution < 1.29 is 13.2 Å². The molecule has 13 heavy (non-hydrogen) atoms. The van der Waals surface area contributed by atoms with Gasteiger partial charge in [-0.1, -0.05) is 15.9 Å². The van der Waals surface area contributed by atoms with Gasteiger partial charge in [-0.15, -0.1) is 0 Å². The van der Waals surface area contributed by atoms with Crippen molar-refractivity contribution in [3.05, 3.63) is 17.6 Å². The van der Waals surface area contributed by atoms with Gasteiger partial charge in [0.25, 0.3) is 0 Å². The van der Waals surface area contributed by atoms with Gasteiger partial charge >= 0.3 is 6.18 Å². The quantitative estimate of drug-likeness (QED) is 0.781. The van der Waals surface area contributed by atoms with E-state index in [-0.39, 0.29) is 5.82 Å². The van der Waals surface area contributed by atoms with Crippen LogP contribution < -0.4 is 5.73 Å². The van der Waals surface area contributed by atoms with Crippen LogP contribution in [0.1, 0.15) is 11.4 Å². The third-order valence-electron chi connectivity index (χ3n) is 1.30. The molecule has 0 fully saturated rings. The maximum atomic E-state index is 12.0. The summed E-state index contributed by atoms with van der Waals surface area (Å²) < 4.78 is 36.0. The minimum atomic E-state index is -4.54. The molecule has 0 atom stereocenters. The highest BCUT2D eigenvalue weighted by Gasteiger charge is 2.34. The number of anilines is 1. The predicted octanol–water partition coefficient (Wildman–Crippen LogP) is 1.97. The summed E-state index contributed by atoms with van der Waals surface area (Å²) in [6.07, 6.45) is -3.49. The van der Waals surface area contributed by atoms with Crippen molar-refractivity contribution in [2.45, 2.75) is 11.5 Å². The number of alkyl halides is 4. The molecule has 0 aliphatic heterocycles. The van der Waals surface area contributed by atoms with E-state index in [2.05, 4.69) is 25.9 Å². The van der Waals surface area contributed by atoms with Crippen LogP contribution in [-0.2, 0) is 11.5 Å². The average Bonchev–Trinajstić information content (AvgIpc) is 2.02. The Morgan fingerprint density at radius 1 is 1.46 bits per heavy atom. The number of nitrogen functional groups attached to an aromatic ring is 1. The number of halogens is 4. The van der Waals surface area contributed by atoms with E-state index in [1.165, 1.54) is 0 Å². The molecule has 0 unspecified atom stereocenters. The summed E-state index contributed by atoms with van der Waals surface area (Å²) in [4.78, 5) is 6.26. The molecule has 0 amide bonds. The maximum absolute atomic E-state index is 12.0. The Labute approximate surface area is 80.3 Å². The van der Waals surface area contributed by atoms with Gasteiger partial charge in [-0.2, -0.15) is 13.2 Å². The molecule has 1 aromatic rings. The second-order valence-electron chi connectivity index (χ2n) is 2.24. The zero-order valence-electron chi connectivity index (χ0n) is 6.27. The van der Waals surface area contributed by atoms with E-state index in [1.807, 2.05) is 0 Å². The Bertz CT molecular complexity index is 312. The van der Waals surface area contributed by atoms with Crippen LogP contribution in [0.5, 0.6) is 0 Å². The average molecular weight is 256 g/mol. The summed E-state index contributed by atoms with van der Waals surface area (Å²) >= 11 is 3.04. The highest BCUT2D eigenvalue weighted by molar-refractivity contribution is 9.08. The highest BCUT2D eigenvalue weighted by Crippen LogP contribution is 2.27. The topological polar surface area (TPSA) is 51.8 Å². The Morgan fingerprint density at radius 3 is 2.46 bits per heavy atom. The molecule has 0 saturated carbocycles. The van der Waals surface area contributed by atoms with E-state index in [0.717, 1.165) is 6.20 Å². The summed E-state index contributed by atoms with van der Waals surface area (Å²) in [5, 5.41) is 0.330. The lowest BCUT2D eigenvalue weighted by Crippen LogP contribution is -2.13. The van der Waals surface area contributed by atoms with Gasteiger partial charge in [0.15, 0.2) is 0 Å². The van der Waals surface area contributed by atoms with Crippen LogP contribution in [0.15, 0.2) is 6.20 Å². The fourth-order valence-corrected chi connectivity index (χ4v) is 1.09. The van der Waals surface area contributed by atoms with Crippen LogP contribution in [0.2, 0.25) is 0 Å². The van der Waals surface area contributed by atoms with Crippen molar-refractivity contribution in [3.8, 4) is 0 Å². The van der Waals surface area contributed by atoms with E-state index >= 15 is 0 Å². The molecule has 0 bridgehead atoms. The van der Waals surface area contributed by atoms with E-state index in [9.17, 15) is 13.2 Å². The lowest BCUT2D eigenvalue weighted by atomic mass is 10.3. The van der Waals surface area contributed by atoms with Crippen LogP contribution >= 0.6 is 15.9 Å². The lowest BCUT2D eigenvalue weighted by molar-refractivity contribution is -0.144.